The van der Waals surface area contributed by atoms with Gasteiger partial charge < -0.3 is 20.1 Å². The van der Waals surface area contributed by atoms with Gasteiger partial charge in [-0.25, -0.2) is 0 Å². The summed E-state index contributed by atoms with van der Waals surface area (Å²) in [6.45, 7) is 10.1. The smallest absolute Gasteiger partial charge is 0.319 e. The standard InChI is InChI=1S/C32H52N2O6/c1-6-8-10-14-19-26(23-28(33)35)34(22-15-9-7-2)30(37)27(31(38)40-32(3,4)5)20-16-21-29(36)39-24-25-17-12-11-13-18-25/h11-13,17-18,26-27H,6-10,14-16,19-24H2,1-5H3,(H2,33,35)/t26-,27-/m0/s1. The van der Waals surface area contributed by atoms with Crippen LogP contribution in [0, 0.1) is 5.92 Å². The Labute approximate surface area is 241 Å². The van der Waals surface area contributed by atoms with Crippen LogP contribution in [-0.2, 0) is 35.3 Å². The summed E-state index contributed by atoms with van der Waals surface area (Å²) in [5, 5.41) is 0. The van der Waals surface area contributed by atoms with Crippen molar-refractivity contribution >= 4 is 23.8 Å². The monoisotopic (exact) mass is 560 g/mol. The number of benzene rings is 1. The Balaban J connectivity index is 3.05. The van der Waals surface area contributed by atoms with Gasteiger partial charge in [0, 0.05) is 25.4 Å². The van der Waals surface area contributed by atoms with Crippen LogP contribution in [0.15, 0.2) is 30.3 Å². The Morgan fingerprint density at radius 2 is 1.52 bits per heavy atom. The first-order chi connectivity index (χ1) is 19.0. The highest BCUT2D eigenvalue weighted by Crippen LogP contribution is 2.24. The fraction of sp³-hybridized carbons (Fsp3) is 0.688. The molecule has 0 aliphatic rings. The highest BCUT2D eigenvalue weighted by atomic mass is 16.6. The molecule has 0 aliphatic heterocycles. The number of carbonyl (C=O) groups is 4. The average Bonchev–Trinajstić information content (AvgIpc) is 2.89. The number of nitrogens with two attached hydrogens (primary N) is 1. The molecule has 0 radical (unpaired) electrons. The summed E-state index contributed by atoms with van der Waals surface area (Å²) in [6, 6.07) is 9.03. The second-order valence-corrected chi connectivity index (χ2v) is 11.5. The van der Waals surface area contributed by atoms with Crippen molar-refractivity contribution < 1.29 is 28.7 Å². The van der Waals surface area contributed by atoms with Gasteiger partial charge >= 0.3 is 11.9 Å². The topological polar surface area (TPSA) is 116 Å². The number of amides is 2. The molecular formula is C32H52N2O6. The van der Waals surface area contributed by atoms with E-state index in [4.69, 9.17) is 15.2 Å². The van der Waals surface area contributed by atoms with Gasteiger partial charge in [0.05, 0.1) is 0 Å². The van der Waals surface area contributed by atoms with Crippen LogP contribution in [0.25, 0.3) is 0 Å². The molecule has 0 unspecified atom stereocenters. The van der Waals surface area contributed by atoms with Crippen LogP contribution in [0.3, 0.4) is 0 Å². The minimum Gasteiger partial charge on any atom is -0.461 e. The van der Waals surface area contributed by atoms with E-state index in [9.17, 15) is 19.2 Å². The van der Waals surface area contributed by atoms with Gasteiger partial charge in [0.1, 0.15) is 18.1 Å². The molecule has 8 heteroatoms. The second-order valence-electron chi connectivity index (χ2n) is 11.5. The lowest BCUT2D eigenvalue weighted by Crippen LogP contribution is -2.48. The van der Waals surface area contributed by atoms with Gasteiger partial charge in [-0.1, -0.05) is 82.7 Å². The van der Waals surface area contributed by atoms with E-state index in [0.717, 1.165) is 50.5 Å². The summed E-state index contributed by atoms with van der Waals surface area (Å²) in [4.78, 5) is 53.4. The Hall–Kier alpha value is -2.90. The minimum atomic E-state index is -1.08. The lowest BCUT2D eigenvalue weighted by atomic mass is 9.96. The van der Waals surface area contributed by atoms with Crippen LogP contribution >= 0.6 is 0 Å². The Bertz CT molecular complexity index is 896. The van der Waals surface area contributed by atoms with Crippen molar-refractivity contribution in [1.29, 1.82) is 0 Å². The number of rotatable bonds is 20. The third kappa shape index (κ3) is 15.0. The molecule has 0 heterocycles. The normalized spacial score (nSPS) is 12.8. The quantitative estimate of drug-likeness (QED) is 0.117. The molecule has 0 bridgehead atoms. The van der Waals surface area contributed by atoms with E-state index in [1.807, 2.05) is 30.3 Å². The molecule has 0 fully saturated rings. The van der Waals surface area contributed by atoms with Crippen LogP contribution in [0.4, 0.5) is 0 Å². The summed E-state index contributed by atoms with van der Waals surface area (Å²) in [6.07, 6.45) is 7.91. The second kappa shape index (κ2) is 19.2. The molecule has 0 aliphatic carbocycles. The Kier molecular flexibility index (Phi) is 16.9. The number of hydrogen-bond acceptors (Lipinski definition) is 6. The van der Waals surface area contributed by atoms with Gasteiger partial charge in [-0.15, -0.1) is 0 Å². The van der Waals surface area contributed by atoms with Crippen molar-refractivity contribution in [2.75, 3.05) is 6.54 Å². The van der Waals surface area contributed by atoms with Crippen LogP contribution < -0.4 is 5.73 Å². The van der Waals surface area contributed by atoms with Crippen molar-refractivity contribution in [1.82, 2.24) is 4.90 Å². The number of carbonyl (C=O) groups excluding carboxylic acids is 4. The third-order valence-electron chi connectivity index (χ3n) is 6.66. The first-order valence-electron chi connectivity index (χ1n) is 15.0. The van der Waals surface area contributed by atoms with E-state index < -0.39 is 23.4 Å². The van der Waals surface area contributed by atoms with E-state index in [1.165, 1.54) is 0 Å². The summed E-state index contributed by atoms with van der Waals surface area (Å²) in [5.74, 6) is -2.90. The van der Waals surface area contributed by atoms with E-state index in [2.05, 4.69) is 13.8 Å². The summed E-state index contributed by atoms with van der Waals surface area (Å²) < 4.78 is 11.0. The Morgan fingerprint density at radius 1 is 0.875 bits per heavy atom. The molecule has 0 saturated carbocycles. The minimum absolute atomic E-state index is 0.0524. The molecule has 0 saturated heterocycles. The highest BCUT2D eigenvalue weighted by Gasteiger charge is 2.36. The van der Waals surface area contributed by atoms with E-state index in [0.29, 0.717) is 19.4 Å². The highest BCUT2D eigenvalue weighted by molar-refractivity contribution is 5.98. The molecule has 0 spiro atoms. The summed E-state index contributed by atoms with van der Waals surface area (Å²) >= 11 is 0. The van der Waals surface area contributed by atoms with Gasteiger partial charge in [-0.05, 0) is 52.0 Å². The molecule has 1 aromatic rings. The van der Waals surface area contributed by atoms with Crippen LogP contribution in [0.2, 0.25) is 0 Å². The van der Waals surface area contributed by atoms with Crippen molar-refractivity contribution in [2.24, 2.45) is 11.7 Å². The molecule has 2 N–H and O–H groups in total. The maximum atomic E-state index is 14.0. The van der Waals surface area contributed by atoms with Crippen molar-refractivity contribution in [3.8, 4) is 0 Å². The SMILES string of the molecule is CCCCCC[C@@H](CC(N)=O)N(CCCCC)C(=O)[C@H](CCCC(=O)OCc1ccccc1)C(=O)OC(C)(C)C. The van der Waals surface area contributed by atoms with Crippen molar-refractivity contribution in [2.45, 2.75) is 130 Å². The first-order valence-corrected chi connectivity index (χ1v) is 15.0. The fourth-order valence-corrected chi connectivity index (χ4v) is 4.59. The van der Waals surface area contributed by atoms with Gasteiger partial charge in [-0.3, -0.25) is 19.2 Å². The largest absolute Gasteiger partial charge is 0.461 e. The number of esters is 2. The summed E-state index contributed by atoms with van der Waals surface area (Å²) in [5.41, 5.74) is 5.71. The number of primary amides is 1. The molecule has 40 heavy (non-hydrogen) atoms. The molecule has 1 rings (SSSR count). The molecular weight excluding hydrogens is 508 g/mol. The van der Waals surface area contributed by atoms with Gasteiger partial charge in [0.15, 0.2) is 0 Å². The molecule has 2 amide bonds. The number of ether oxygens (including phenoxy) is 2. The maximum Gasteiger partial charge on any atom is 0.319 e. The van der Waals surface area contributed by atoms with Gasteiger partial charge in [0.25, 0.3) is 0 Å². The zero-order valence-electron chi connectivity index (χ0n) is 25.4. The van der Waals surface area contributed by atoms with Crippen molar-refractivity contribution in [3.63, 3.8) is 0 Å². The predicted octanol–water partition coefficient (Wildman–Crippen LogP) is 6.09. The molecule has 2 atom stereocenters. The number of nitrogens with zero attached hydrogens (tertiary/aromatic N) is 1. The third-order valence-corrected chi connectivity index (χ3v) is 6.66. The van der Waals surface area contributed by atoms with Crippen LogP contribution in [-0.4, -0.2) is 46.8 Å². The van der Waals surface area contributed by atoms with E-state index >= 15 is 0 Å². The fourth-order valence-electron chi connectivity index (χ4n) is 4.59. The number of unbranched alkanes of at least 4 members (excludes halogenated alkanes) is 5. The zero-order chi connectivity index (χ0) is 30.0. The first kappa shape index (κ1) is 35.1. The average molecular weight is 561 g/mol. The van der Waals surface area contributed by atoms with Gasteiger partial charge in [0.2, 0.25) is 11.8 Å². The number of hydrogen-bond donors (Lipinski definition) is 1. The van der Waals surface area contributed by atoms with Crippen molar-refractivity contribution in [3.05, 3.63) is 35.9 Å². The van der Waals surface area contributed by atoms with Crippen LogP contribution in [0.5, 0.6) is 0 Å². The molecule has 8 nitrogen and oxygen atoms in total. The lowest BCUT2D eigenvalue weighted by molar-refractivity contribution is -0.166. The summed E-state index contributed by atoms with van der Waals surface area (Å²) in [7, 11) is 0. The predicted molar refractivity (Wildman–Crippen MR) is 157 cm³/mol. The van der Waals surface area contributed by atoms with Gasteiger partial charge in [-0.2, -0.15) is 0 Å². The maximum absolute atomic E-state index is 14.0. The zero-order valence-corrected chi connectivity index (χ0v) is 25.4. The lowest BCUT2D eigenvalue weighted by Gasteiger charge is -2.34. The van der Waals surface area contributed by atoms with Crippen LogP contribution in [0.1, 0.15) is 117 Å². The molecule has 226 valence electrons. The van der Waals surface area contributed by atoms with E-state index in [-0.39, 0.29) is 43.8 Å². The Morgan fingerprint density at radius 3 is 2.12 bits per heavy atom. The molecule has 1 aromatic carbocycles. The molecule has 0 aromatic heterocycles. The van der Waals surface area contributed by atoms with E-state index in [1.54, 1.807) is 25.7 Å².